The molecule has 0 spiro atoms. The van der Waals surface area contributed by atoms with Crippen LogP contribution in [0.25, 0.3) is 5.95 Å². The Balaban J connectivity index is 1.82. The smallest absolute Gasteiger partial charge is 0.258 e. The molecule has 11 heteroatoms. The lowest BCUT2D eigenvalue weighted by Gasteiger charge is -2.06. The Hall–Kier alpha value is -3.08. The van der Waals surface area contributed by atoms with Crippen LogP contribution in [0.3, 0.4) is 0 Å². The van der Waals surface area contributed by atoms with Crippen LogP contribution >= 0.6 is 0 Å². The van der Waals surface area contributed by atoms with E-state index in [0.29, 0.717) is 18.4 Å². The fourth-order valence-corrected chi connectivity index (χ4v) is 1.56. The zero-order valence-electron chi connectivity index (χ0n) is 11.1. The van der Waals surface area contributed by atoms with E-state index < -0.39 is 0 Å². The summed E-state index contributed by atoms with van der Waals surface area (Å²) in [5.74, 6) is 7.38. The van der Waals surface area contributed by atoms with Gasteiger partial charge < -0.3 is 9.73 Å². The molecule has 0 aromatic carbocycles. The van der Waals surface area contributed by atoms with Crippen LogP contribution in [-0.4, -0.2) is 34.7 Å². The molecule has 0 fully saturated rings. The van der Waals surface area contributed by atoms with Gasteiger partial charge in [-0.15, -0.1) is 0 Å². The van der Waals surface area contributed by atoms with Gasteiger partial charge in [0.15, 0.2) is 0 Å². The van der Waals surface area contributed by atoms with E-state index in [0.717, 1.165) is 5.76 Å². The molecule has 0 aliphatic rings. The van der Waals surface area contributed by atoms with Crippen LogP contribution < -0.4 is 16.6 Å². The molecular formula is C10H12N10O. The van der Waals surface area contributed by atoms with Gasteiger partial charge in [0, 0.05) is 0 Å². The van der Waals surface area contributed by atoms with Crippen molar-refractivity contribution in [1.82, 2.24) is 34.7 Å². The van der Waals surface area contributed by atoms with E-state index in [1.807, 2.05) is 6.92 Å². The van der Waals surface area contributed by atoms with E-state index in [9.17, 15) is 0 Å². The molecule has 0 saturated carbocycles. The minimum atomic E-state index is 0.196. The maximum atomic E-state index is 5.35. The van der Waals surface area contributed by atoms with Gasteiger partial charge in [-0.1, -0.05) is 0 Å². The first-order valence-corrected chi connectivity index (χ1v) is 5.97. The largest absolute Gasteiger partial charge is 0.444 e. The Morgan fingerprint density at radius 1 is 1.29 bits per heavy atom. The summed E-state index contributed by atoms with van der Waals surface area (Å²) in [5, 5.41) is 6.93. The Bertz CT molecular complexity index is 721. The van der Waals surface area contributed by atoms with Crippen molar-refractivity contribution in [2.24, 2.45) is 5.84 Å². The molecule has 0 saturated heterocycles. The molecule has 11 nitrogen and oxygen atoms in total. The summed E-state index contributed by atoms with van der Waals surface area (Å²) in [6.07, 6.45) is 4.48. The normalized spacial score (nSPS) is 10.6. The number of aromatic nitrogens is 7. The zero-order chi connectivity index (χ0) is 14.7. The molecule has 0 aliphatic carbocycles. The molecule has 3 aromatic heterocycles. The van der Waals surface area contributed by atoms with Gasteiger partial charge in [-0.3, -0.25) is 5.43 Å². The molecule has 3 heterocycles. The molecule has 0 bridgehead atoms. The Morgan fingerprint density at radius 3 is 2.81 bits per heavy atom. The van der Waals surface area contributed by atoms with Crippen LogP contribution in [0, 0.1) is 6.92 Å². The van der Waals surface area contributed by atoms with Gasteiger partial charge >= 0.3 is 0 Å². The van der Waals surface area contributed by atoms with Gasteiger partial charge in [0.05, 0.1) is 12.7 Å². The lowest BCUT2D eigenvalue weighted by molar-refractivity contribution is 0.478. The van der Waals surface area contributed by atoms with E-state index in [-0.39, 0.29) is 11.9 Å². The number of nitrogens with zero attached hydrogens (tertiary/aromatic N) is 7. The molecule has 0 unspecified atom stereocenters. The monoisotopic (exact) mass is 288 g/mol. The average molecular weight is 288 g/mol. The van der Waals surface area contributed by atoms with Gasteiger partial charge in [-0.05, 0) is 6.92 Å². The number of hydrogen-bond donors (Lipinski definition) is 3. The van der Waals surface area contributed by atoms with Crippen LogP contribution in [0.1, 0.15) is 11.7 Å². The van der Waals surface area contributed by atoms with Crippen LogP contribution in [0.4, 0.5) is 11.9 Å². The van der Waals surface area contributed by atoms with Crippen LogP contribution in [0.5, 0.6) is 0 Å². The summed E-state index contributed by atoms with van der Waals surface area (Å²) in [5.41, 5.74) is 2.37. The summed E-state index contributed by atoms with van der Waals surface area (Å²) >= 11 is 0. The van der Waals surface area contributed by atoms with Gasteiger partial charge in [0.1, 0.15) is 18.4 Å². The van der Waals surface area contributed by atoms with Crippen molar-refractivity contribution in [2.45, 2.75) is 13.5 Å². The molecule has 0 aliphatic heterocycles. The van der Waals surface area contributed by atoms with E-state index in [1.165, 1.54) is 17.3 Å². The molecule has 3 aromatic rings. The van der Waals surface area contributed by atoms with E-state index in [4.69, 9.17) is 10.3 Å². The van der Waals surface area contributed by atoms with Gasteiger partial charge in [-0.25, -0.2) is 15.8 Å². The zero-order valence-corrected chi connectivity index (χ0v) is 11.1. The van der Waals surface area contributed by atoms with Gasteiger partial charge in [-0.2, -0.15) is 24.7 Å². The molecule has 0 radical (unpaired) electrons. The maximum Gasteiger partial charge on any atom is 0.258 e. The Kier molecular flexibility index (Phi) is 3.39. The van der Waals surface area contributed by atoms with Crippen molar-refractivity contribution in [3.8, 4) is 5.95 Å². The van der Waals surface area contributed by atoms with Crippen molar-refractivity contribution in [3.05, 3.63) is 30.5 Å². The molecular weight excluding hydrogens is 276 g/mol. The highest BCUT2D eigenvalue weighted by Crippen LogP contribution is 2.09. The number of aryl methyl sites for hydroxylation is 1. The first kappa shape index (κ1) is 12.9. The fourth-order valence-electron chi connectivity index (χ4n) is 1.56. The number of nitrogens with two attached hydrogens (primary N) is 1. The van der Waals surface area contributed by atoms with E-state index >= 15 is 0 Å². The standard InChI is InChI=1S/C10H12N10O/c1-6-2-13-7(21-6)3-14-8-16-9(19-11)18-10(17-8)20-5-12-4-15-20/h2,4-5H,3,11H2,1H3,(H2,14,16,17,18,19). The fraction of sp³-hybridized carbons (Fsp3) is 0.200. The SMILES string of the molecule is Cc1cnc(CNc2nc(NN)nc(-n3cncn3)n2)o1. The van der Waals surface area contributed by atoms with Crippen molar-refractivity contribution < 1.29 is 4.42 Å². The first-order valence-electron chi connectivity index (χ1n) is 5.97. The number of nitrogen functional groups attached to an aromatic ring is 1. The second-order valence-electron chi connectivity index (χ2n) is 3.99. The number of anilines is 2. The Morgan fingerprint density at radius 2 is 2.14 bits per heavy atom. The molecule has 3 rings (SSSR count). The lowest BCUT2D eigenvalue weighted by atomic mass is 10.6. The average Bonchev–Trinajstić information content (AvgIpc) is 3.16. The number of oxazole rings is 1. The third kappa shape index (κ3) is 2.92. The molecule has 0 amide bonds. The quantitative estimate of drug-likeness (QED) is 0.420. The van der Waals surface area contributed by atoms with Crippen molar-refractivity contribution in [3.63, 3.8) is 0 Å². The maximum absolute atomic E-state index is 5.35. The predicted octanol–water partition coefficient (Wildman–Crippen LogP) is -0.354. The highest BCUT2D eigenvalue weighted by molar-refractivity contribution is 5.36. The number of hydrogen-bond acceptors (Lipinski definition) is 10. The van der Waals surface area contributed by atoms with Gasteiger partial charge in [0.25, 0.3) is 5.95 Å². The Labute approximate surface area is 118 Å². The summed E-state index contributed by atoms with van der Waals surface area (Å²) in [7, 11) is 0. The highest BCUT2D eigenvalue weighted by Gasteiger charge is 2.09. The minimum Gasteiger partial charge on any atom is -0.444 e. The summed E-state index contributed by atoms with van der Waals surface area (Å²) in [6.45, 7) is 2.15. The van der Waals surface area contributed by atoms with Crippen molar-refractivity contribution >= 4 is 11.9 Å². The predicted molar refractivity (Wildman–Crippen MR) is 71.1 cm³/mol. The van der Waals surface area contributed by atoms with E-state index in [2.05, 4.69) is 40.8 Å². The van der Waals surface area contributed by atoms with E-state index in [1.54, 1.807) is 6.20 Å². The molecule has 0 atom stereocenters. The first-order chi connectivity index (χ1) is 10.2. The summed E-state index contributed by atoms with van der Waals surface area (Å²) in [6, 6.07) is 0. The summed E-state index contributed by atoms with van der Waals surface area (Å²) in [4.78, 5) is 20.3. The van der Waals surface area contributed by atoms with Gasteiger partial charge in [0.2, 0.25) is 17.8 Å². The van der Waals surface area contributed by atoms with Crippen LogP contribution in [-0.2, 0) is 6.54 Å². The third-order valence-corrected chi connectivity index (χ3v) is 2.44. The molecule has 4 N–H and O–H groups in total. The van der Waals surface area contributed by atoms with Crippen LogP contribution in [0.2, 0.25) is 0 Å². The summed E-state index contributed by atoms with van der Waals surface area (Å²) < 4.78 is 6.74. The second kappa shape index (κ2) is 5.50. The minimum absolute atomic E-state index is 0.196. The topological polar surface area (TPSA) is 145 Å². The van der Waals surface area contributed by atoms with Crippen molar-refractivity contribution in [1.29, 1.82) is 0 Å². The molecule has 21 heavy (non-hydrogen) atoms. The van der Waals surface area contributed by atoms with Crippen LogP contribution in [0.15, 0.2) is 23.3 Å². The molecule has 108 valence electrons. The second-order valence-corrected chi connectivity index (χ2v) is 3.99. The highest BCUT2D eigenvalue weighted by atomic mass is 16.4. The van der Waals surface area contributed by atoms with Crippen molar-refractivity contribution in [2.75, 3.05) is 10.7 Å². The third-order valence-electron chi connectivity index (χ3n) is 2.44. The number of nitrogens with one attached hydrogen (secondary N) is 2. The lowest BCUT2D eigenvalue weighted by Crippen LogP contribution is -2.16. The number of rotatable bonds is 5. The number of hydrazine groups is 1.